The van der Waals surface area contributed by atoms with Gasteiger partial charge in [0.05, 0.1) is 36.1 Å². The Balaban J connectivity index is 1.41. The first-order chi connectivity index (χ1) is 19.4. The molecule has 2 amide bonds. The number of amides is 2. The Hall–Kier alpha value is -4.09. The van der Waals surface area contributed by atoms with Crippen molar-refractivity contribution in [2.75, 3.05) is 13.2 Å². The number of likely N-dealkylation sites (tertiary alicyclic amines) is 1. The maximum atomic E-state index is 14.5. The van der Waals surface area contributed by atoms with Crippen molar-refractivity contribution in [1.29, 1.82) is 0 Å². The highest BCUT2D eigenvalue weighted by Gasteiger charge is 2.75. The number of benzene rings is 2. The molecule has 0 saturated carbocycles. The van der Waals surface area contributed by atoms with Crippen LogP contribution in [0.2, 0.25) is 0 Å². The second kappa shape index (κ2) is 10.1. The summed E-state index contributed by atoms with van der Waals surface area (Å²) >= 11 is 0. The molecule has 208 valence electrons. The number of carboxylic acids is 1. The molecular weight excluding hydrogens is 514 g/mol. The van der Waals surface area contributed by atoms with Crippen LogP contribution >= 0.6 is 0 Å². The number of hydrogen-bond acceptors (Lipinski definition) is 7. The summed E-state index contributed by atoms with van der Waals surface area (Å²) in [4.78, 5) is 43.9. The first-order valence-electron chi connectivity index (χ1n) is 13.4. The van der Waals surface area contributed by atoms with Crippen LogP contribution in [-0.2, 0) is 32.2 Å². The molecule has 2 aromatic carbocycles. The fourth-order valence-electron chi connectivity index (χ4n) is 6.91. The monoisotopic (exact) mass is 545 g/mol. The van der Waals surface area contributed by atoms with Gasteiger partial charge in [-0.3, -0.25) is 14.4 Å². The largest absolute Gasteiger partial charge is 0.481 e. The minimum absolute atomic E-state index is 0.0406. The number of carboxylic acid groups (broad SMARTS) is 1. The number of ether oxygens (including phenoxy) is 1. The summed E-state index contributed by atoms with van der Waals surface area (Å²) in [6.07, 6.45) is 2.07. The Kier molecular flexibility index (Phi) is 6.63. The number of nitrogens with zero attached hydrogens (tertiary/aromatic N) is 5. The Bertz CT molecular complexity index is 1460. The molecule has 11 heteroatoms. The summed E-state index contributed by atoms with van der Waals surface area (Å²) in [5.41, 5.74) is 0.999. The van der Waals surface area contributed by atoms with Crippen LogP contribution in [0.1, 0.15) is 18.4 Å². The molecule has 4 heterocycles. The van der Waals surface area contributed by atoms with Crippen LogP contribution in [0.3, 0.4) is 0 Å². The van der Waals surface area contributed by atoms with Gasteiger partial charge in [-0.1, -0.05) is 53.8 Å². The summed E-state index contributed by atoms with van der Waals surface area (Å²) in [5, 5.41) is 29.0. The zero-order valence-corrected chi connectivity index (χ0v) is 21.9. The average molecular weight is 546 g/mol. The standard InChI is InChI=1S/C29H31N5O6/c1-2-14-32(17-33-21-11-7-6-10-20(21)30-31-33)27(37)25-29-13-12-22(40-29)23(28(38)39)24(29)26(36)34(25)19(16-35)15-18-8-4-3-5-9-18/h2-11,19,22-25,35H,1,12-17H2,(H,38,39)/t19-,22-,23+,24+,25-,29+/m1/s1. The molecule has 1 aromatic heterocycles. The number of carbonyl (C=O) groups is 3. The van der Waals surface area contributed by atoms with Crippen LogP contribution in [0.5, 0.6) is 0 Å². The zero-order valence-electron chi connectivity index (χ0n) is 21.9. The maximum Gasteiger partial charge on any atom is 0.310 e. The molecule has 2 bridgehead atoms. The molecule has 0 unspecified atom stereocenters. The van der Waals surface area contributed by atoms with E-state index in [1.807, 2.05) is 54.6 Å². The Morgan fingerprint density at radius 1 is 1.20 bits per heavy atom. The minimum atomic E-state index is -1.30. The van der Waals surface area contributed by atoms with Crippen molar-refractivity contribution in [2.45, 2.75) is 49.7 Å². The lowest BCUT2D eigenvalue weighted by Crippen LogP contribution is -2.59. The van der Waals surface area contributed by atoms with Gasteiger partial charge in [0.15, 0.2) is 0 Å². The molecule has 6 rings (SSSR count). The number of carbonyl (C=O) groups excluding carboxylic acids is 2. The molecule has 40 heavy (non-hydrogen) atoms. The molecule has 3 aromatic rings. The van der Waals surface area contributed by atoms with Crippen LogP contribution in [-0.4, -0.2) is 89.7 Å². The molecule has 0 radical (unpaired) electrons. The second-order valence-electron chi connectivity index (χ2n) is 10.7. The number of para-hydroxylation sites is 1. The van der Waals surface area contributed by atoms with E-state index in [-0.39, 0.29) is 13.2 Å². The van der Waals surface area contributed by atoms with E-state index < -0.39 is 60.0 Å². The van der Waals surface area contributed by atoms with Gasteiger partial charge in [0.25, 0.3) is 0 Å². The summed E-state index contributed by atoms with van der Waals surface area (Å²) in [6.45, 7) is 3.62. The highest BCUT2D eigenvalue weighted by atomic mass is 16.5. The highest BCUT2D eigenvalue weighted by Crippen LogP contribution is 2.59. The topological polar surface area (TPSA) is 138 Å². The van der Waals surface area contributed by atoms with Crippen LogP contribution in [0, 0.1) is 11.8 Å². The van der Waals surface area contributed by atoms with Gasteiger partial charge in [-0.25, -0.2) is 4.68 Å². The summed E-state index contributed by atoms with van der Waals surface area (Å²) in [7, 11) is 0. The van der Waals surface area contributed by atoms with E-state index >= 15 is 0 Å². The maximum absolute atomic E-state index is 14.5. The van der Waals surface area contributed by atoms with Crippen molar-refractivity contribution in [3.05, 3.63) is 72.8 Å². The van der Waals surface area contributed by atoms with Gasteiger partial charge in [-0.15, -0.1) is 11.7 Å². The van der Waals surface area contributed by atoms with Gasteiger partial charge in [-0.2, -0.15) is 0 Å². The summed E-state index contributed by atoms with van der Waals surface area (Å²) < 4.78 is 7.94. The predicted octanol–water partition coefficient (Wildman–Crippen LogP) is 1.47. The van der Waals surface area contributed by atoms with Crippen LogP contribution in [0.4, 0.5) is 0 Å². The van der Waals surface area contributed by atoms with Gasteiger partial charge < -0.3 is 24.7 Å². The smallest absolute Gasteiger partial charge is 0.310 e. The number of rotatable bonds is 10. The Labute approximate surface area is 230 Å². The Morgan fingerprint density at radius 3 is 2.67 bits per heavy atom. The molecule has 3 aliphatic rings. The van der Waals surface area contributed by atoms with E-state index in [2.05, 4.69) is 16.9 Å². The molecule has 3 aliphatic heterocycles. The lowest BCUT2D eigenvalue weighted by molar-refractivity contribution is -0.154. The fraction of sp³-hybridized carbons (Fsp3) is 0.414. The number of aliphatic hydroxyl groups is 1. The molecule has 11 nitrogen and oxygen atoms in total. The first-order valence-corrected chi connectivity index (χ1v) is 13.4. The van der Waals surface area contributed by atoms with Crippen LogP contribution in [0.25, 0.3) is 11.0 Å². The second-order valence-corrected chi connectivity index (χ2v) is 10.7. The van der Waals surface area contributed by atoms with Crippen LogP contribution in [0.15, 0.2) is 67.3 Å². The number of aliphatic hydroxyl groups excluding tert-OH is 1. The van der Waals surface area contributed by atoms with Gasteiger partial charge in [-0.05, 0) is 37.0 Å². The van der Waals surface area contributed by atoms with Crippen molar-refractivity contribution in [3.63, 3.8) is 0 Å². The van der Waals surface area contributed by atoms with Gasteiger partial charge >= 0.3 is 5.97 Å². The molecule has 3 fully saturated rings. The molecular formula is C29H31N5O6. The van der Waals surface area contributed by atoms with E-state index in [0.717, 1.165) is 11.1 Å². The van der Waals surface area contributed by atoms with E-state index in [4.69, 9.17) is 4.74 Å². The highest BCUT2D eigenvalue weighted by molar-refractivity contribution is 5.98. The van der Waals surface area contributed by atoms with E-state index in [1.54, 1.807) is 10.8 Å². The minimum Gasteiger partial charge on any atom is -0.481 e. The first kappa shape index (κ1) is 26.1. The quantitative estimate of drug-likeness (QED) is 0.365. The van der Waals surface area contributed by atoms with Gasteiger partial charge in [0.1, 0.15) is 23.8 Å². The third kappa shape index (κ3) is 3.99. The zero-order chi connectivity index (χ0) is 28.0. The van der Waals surface area contributed by atoms with E-state index in [1.165, 1.54) is 9.80 Å². The van der Waals surface area contributed by atoms with Crippen molar-refractivity contribution < 1.29 is 29.3 Å². The third-order valence-corrected chi connectivity index (χ3v) is 8.56. The Morgan fingerprint density at radius 2 is 1.95 bits per heavy atom. The average Bonchev–Trinajstić information content (AvgIpc) is 3.71. The van der Waals surface area contributed by atoms with Crippen molar-refractivity contribution in [3.8, 4) is 0 Å². The van der Waals surface area contributed by atoms with Gasteiger partial charge in [0.2, 0.25) is 11.8 Å². The van der Waals surface area contributed by atoms with E-state index in [9.17, 15) is 24.6 Å². The lowest BCUT2D eigenvalue weighted by atomic mass is 9.70. The molecule has 1 spiro atoms. The molecule has 3 saturated heterocycles. The van der Waals surface area contributed by atoms with E-state index in [0.29, 0.717) is 24.8 Å². The third-order valence-electron chi connectivity index (χ3n) is 8.56. The van der Waals surface area contributed by atoms with Crippen LogP contribution < -0.4 is 0 Å². The number of aliphatic carboxylic acids is 1. The molecule has 6 atom stereocenters. The SMILES string of the molecule is C=CCN(Cn1nnc2ccccc21)C(=O)[C@H]1N([C@@H](CO)Cc2ccccc2)C(=O)[C@@H]2[C@@H](C(=O)O)[C@H]3CC[C@]21O3. The lowest BCUT2D eigenvalue weighted by Gasteiger charge is -2.39. The molecule has 0 aliphatic carbocycles. The fourth-order valence-corrected chi connectivity index (χ4v) is 6.91. The van der Waals surface area contributed by atoms with Gasteiger partial charge in [0, 0.05) is 6.54 Å². The summed E-state index contributed by atoms with van der Waals surface area (Å²) in [6, 6.07) is 14.9. The predicted molar refractivity (Wildman–Crippen MR) is 143 cm³/mol. The van der Waals surface area contributed by atoms with Crippen molar-refractivity contribution >= 4 is 28.8 Å². The normalized spacial score (nSPS) is 27.6. The number of hydrogen-bond donors (Lipinski definition) is 2. The summed E-state index contributed by atoms with van der Waals surface area (Å²) in [5.74, 6) is -4.05. The molecule has 2 N–H and O–H groups in total. The number of aromatic nitrogens is 3. The van der Waals surface area contributed by atoms with Crippen molar-refractivity contribution in [2.24, 2.45) is 11.8 Å². The number of fused-ring (bicyclic) bond motifs is 2. The van der Waals surface area contributed by atoms with Crippen molar-refractivity contribution in [1.82, 2.24) is 24.8 Å².